The van der Waals surface area contributed by atoms with E-state index in [-0.39, 0.29) is 26.9 Å². The van der Waals surface area contributed by atoms with Crippen LogP contribution in [0.25, 0.3) is 5.32 Å². The van der Waals surface area contributed by atoms with Crippen LogP contribution in [0.2, 0.25) is 0 Å². The number of hydrogen-bond donors (Lipinski definition) is 0. The number of allylic oxidation sites excluding steroid dienone is 2. The van der Waals surface area contributed by atoms with Gasteiger partial charge in [0.05, 0.1) is 5.69 Å². The molecule has 0 saturated carbocycles. The van der Waals surface area contributed by atoms with Crippen LogP contribution in [0.5, 0.6) is 0 Å². The van der Waals surface area contributed by atoms with Crippen molar-refractivity contribution >= 4 is 17.1 Å². The number of nitrogens with zero attached hydrogens (tertiary/aromatic N) is 2. The molecule has 0 atom stereocenters. The Balaban J connectivity index is 0.00000512. The van der Waals surface area contributed by atoms with Crippen LogP contribution in [0.15, 0.2) is 53.2 Å². The third kappa shape index (κ3) is 8.22. The van der Waals surface area contributed by atoms with Crippen LogP contribution in [-0.4, -0.2) is 5.71 Å². The Kier molecular flexibility index (Phi) is 13.1. The van der Waals surface area contributed by atoms with Gasteiger partial charge in [-0.15, -0.1) is 5.69 Å². The summed E-state index contributed by atoms with van der Waals surface area (Å²) < 4.78 is 0. The maximum Gasteiger partial charge on any atom is 2.00 e. The summed E-state index contributed by atoms with van der Waals surface area (Å²) in [4.78, 5) is 5.08. The number of aliphatic imine (C=N–C) groups is 1. The Labute approximate surface area is 217 Å². The molecule has 0 aromatic heterocycles. The van der Waals surface area contributed by atoms with Crippen molar-refractivity contribution in [2.24, 2.45) is 4.99 Å². The second-order valence-electron chi connectivity index (χ2n) is 9.84. The van der Waals surface area contributed by atoms with E-state index in [1.165, 1.54) is 22.3 Å². The average molecular weight is 498 g/mol. The quantitative estimate of drug-likeness (QED) is 0.197. The summed E-state index contributed by atoms with van der Waals surface area (Å²) in [5, 5.41) is 5.08. The Hall–Kier alpha value is -1.73. The first-order valence-corrected chi connectivity index (χ1v) is 11.7. The second-order valence-corrected chi connectivity index (χ2v) is 9.84. The predicted molar refractivity (Wildman–Crippen MR) is 145 cm³/mol. The maximum absolute atomic E-state index is 5.08. The zero-order chi connectivity index (χ0) is 23.3. The summed E-state index contributed by atoms with van der Waals surface area (Å²) in [5.74, 6) is 1.75. The Morgan fingerprint density at radius 3 is 1.42 bits per heavy atom. The zero-order valence-corrected chi connectivity index (χ0v) is 25.9. The van der Waals surface area contributed by atoms with E-state index in [2.05, 4.69) is 112 Å². The van der Waals surface area contributed by atoms with Crippen molar-refractivity contribution in [3.05, 3.63) is 83.2 Å². The summed E-state index contributed by atoms with van der Waals surface area (Å²) in [6, 6.07) is 13.1. The van der Waals surface area contributed by atoms with Crippen LogP contribution in [0.3, 0.4) is 0 Å². The molecule has 0 aliphatic heterocycles. The number of benzene rings is 2. The third-order valence-corrected chi connectivity index (χ3v) is 5.68. The van der Waals surface area contributed by atoms with Gasteiger partial charge in [-0.2, -0.15) is 5.70 Å². The summed E-state index contributed by atoms with van der Waals surface area (Å²) in [7, 11) is 0. The average Bonchev–Trinajstić information content (AvgIpc) is 2.67. The molecule has 0 bridgehead atoms. The van der Waals surface area contributed by atoms with Crippen molar-refractivity contribution in [3.63, 3.8) is 0 Å². The summed E-state index contributed by atoms with van der Waals surface area (Å²) in [6.45, 7) is 22.1. The topological polar surface area (TPSA) is 26.5 Å². The van der Waals surface area contributed by atoms with Gasteiger partial charge in [0, 0.05) is 5.71 Å². The van der Waals surface area contributed by atoms with E-state index in [1.54, 1.807) is 0 Å². The van der Waals surface area contributed by atoms with Crippen molar-refractivity contribution in [3.8, 4) is 0 Å². The largest absolute Gasteiger partial charge is 2.00 e. The molecule has 0 spiro atoms. The maximum atomic E-state index is 5.08. The normalized spacial score (nSPS) is 12.3. The number of hydrogen-bond acceptors (Lipinski definition) is 1. The molecule has 2 rings (SSSR count). The molecule has 0 fully saturated rings. The molecular weight excluding hydrogens is 454 g/mol. The van der Waals surface area contributed by atoms with Crippen molar-refractivity contribution in [2.75, 3.05) is 0 Å². The fourth-order valence-electron chi connectivity index (χ4n) is 4.00. The van der Waals surface area contributed by atoms with Gasteiger partial charge >= 0.3 is 19.5 Å². The van der Waals surface area contributed by atoms with Gasteiger partial charge in [0.2, 0.25) is 0 Å². The molecule has 0 amide bonds. The first kappa shape index (κ1) is 31.3. The minimum absolute atomic E-state index is 0. The number of para-hydroxylation sites is 2. The van der Waals surface area contributed by atoms with Crippen LogP contribution in [0.4, 0.5) is 11.4 Å². The molecule has 0 heterocycles. The number of rotatable bonds is 8. The van der Waals surface area contributed by atoms with Gasteiger partial charge < -0.3 is 12.7 Å². The molecule has 2 aromatic rings. The van der Waals surface area contributed by atoms with Gasteiger partial charge in [-0.3, -0.25) is 4.99 Å². The van der Waals surface area contributed by atoms with Crippen LogP contribution in [0, 0.1) is 7.43 Å². The van der Waals surface area contributed by atoms with Crippen LogP contribution in [-0.2, 0) is 19.5 Å². The molecule has 0 N–H and O–H groups in total. The molecule has 0 aliphatic carbocycles. The molecule has 3 heteroatoms. The van der Waals surface area contributed by atoms with E-state index in [0.717, 1.165) is 22.8 Å². The predicted octanol–water partition coefficient (Wildman–Crippen LogP) is 10.3. The van der Waals surface area contributed by atoms with Gasteiger partial charge in [-0.25, -0.2) is 0 Å². The molecule has 0 radical (unpaired) electrons. The van der Waals surface area contributed by atoms with Crippen LogP contribution >= 0.6 is 0 Å². The Morgan fingerprint density at radius 2 is 1.06 bits per heavy atom. The molecule has 176 valence electrons. The van der Waals surface area contributed by atoms with Crippen LogP contribution in [0.1, 0.15) is 115 Å². The van der Waals surface area contributed by atoms with Gasteiger partial charge in [-0.1, -0.05) is 116 Å². The SMILES string of the molecule is CC(/C=C(/C)[N-]c1c(C(C)C)cccc1C(C)C)=Nc1c(C(C)C)cccc1C(C)C.[CH3-].[Zn+2]. The first-order valence-electron chi connectivity index (χ1n) is 11.7. The van der Waals surface area contributed by atoms with E-state index in [4.69, 9.17) is 10.3 Å². The second kappa shape index (κ2) is 13.9. The van der Waals surface area contributed by atoms with E-state index in [1.807, 2.05) is 0 Å². The molecule has 33 heavy (non-hydrogen) atoms. The standard InChI is InChI=1S/C29H41N2.CH3.Zn/c1-18(2)24-13-11-14-25(19(3)4)28(24)30-22(9)17-23(10)31-29-26(20(5)6)15-12-16-27(29)21(7)8;;/h11-21H,1-10H3;1H3;/q2*-1;+2/b22-17-,31-23?;;. The van der Waals surface area contributed by atoms with E-state index >= 15 is 0 Å². The van der Waals surface area contributed by atoms with Gasteiger partial charge in [0.25, 0.3) is 0 Å². The van der Waals surface area contributed by atoms with Crippen molar-refractivity contribution < 1.29 is 19.5 Å². The minimum Gasteiger partial charge on any atom is -0.661 e. The van der Waals surface area contributed by atoms with E-state index < -0.39 is 0 Å². The Morgan fingerprint density at radius 1 is 0.697 bits per heavy atom. The van der Waals surface area contributed by atoms with E-state index in [9.17, 15) is 0 Å². The zero-order valence-electron chi connectivity index (χ0n) is 23.0. The smallest absolute Gasteiger partial charge is 0.661 e. The van der Waals surface area contributed by atoms with E-state index in [0.29, 0.717) is 23.7 Å². The summed E-state index contributed by atoms with van der Waals surface area (Å²) in [6.07, 6.45) is 2.11. The van der Waals surface area contributed by atoms with Crippen molar-refractivity contribution in [2.45, 2.75) is 92.9 Å². The summed E-state index contributed by atoms with van der Waals surface area (Å²) in [5.41, 5.74) is 9.45. The van der Waals surface area contributed by atoms with Crippen molar-refractivity contribution in [1.82, 2.24) is 0 Å². The molecule has 2 aromatic carbocycles. The van der Waals surface area contributed by atoms with Gasteiger partial charge in [0.1, 0.15) is 0 Å². The monoisotopic (exact) mass is 496 g/mol. The molecule has 0 aliphatic rings. The minimum atomic E-state index is 0. The molecule has 0 unspecified atom stereocenters. The molecular formula is C30H44N2Zn. The summed E-state index contributed by atoms with van der Waals surface area (Å²) >= 11 is 0. The van der Waals surface area contributed by atoms with Crippen LogP contribution < -0.4 is 0 Å². The Bertz CT molecular complexity index is 897. The molecule has 0 saturated heterocycles. The fourth-order valence-corrected chi connectivity index (χ4v) is 4.00. The first-order chi connectivity index (χ1) is 14.5. The van der Waals surface area contributed by atoms with Gasteiger partial charge in [0.15, 0.2) is 0 Å². The fraction of sp³-hybridized carbons (Fsp3) is 0.467. The van der Waals surface area contributed by atoms with Gasteiger partial charge in [-0.05, 0) is 41.7 Å². The third-order valence-electron chi connectivity index (χ3n) is 5.68. The molecule has 2 nitrogen and oxygen atoms in total. The van der Waals surface area contributed by atoms with Crippen molar-refractivity contribution in [1.29, 1.82) is 0 Å².